The second-order valence-electron chi connectivity index (χ2n) is 10.2. The summed E-state index contributed by atoms with van der Waals surface area (Å²) in [6.45, 7) is 1.43. The van der Waals surface area contributed by atoms with Gasteiger partial charge in [0.15, 0.2) is 0 Å². The molecular weight excluding hydrogens is 402 g/mol. The van der Waals surface area contributed by atoms with Crippen molar-refractivity contribution in [2.45, 2.75) is 57.2 Å². The number of hydrogen-bond donors (Lipinski definition) is 1. The van der Waals surface area contributed by atoms with Gasteiger partial charge in [-0.25, -0.2) is 0 Å². The molecule has 0 atom stereocenters. The van der Waals surface area contributed by atoms with Gasteiger partial charge in [0.25, 0.3) is 0 Å². The number of hydrogen-bond acceptors (Lipinski definition) is 2. The fraction of sp³-hybridized carbons (Fsp3) is 0.429. The van der Waals surface area contributed by atoms with Crippen LogP contribution in [0.25, 0.3) is 10.8 Å². The highest BCUT2D eigenvalue weighted by Gasteiger charge is 2.50. The van der Waals surface area contributed by atoms with Gasteiger partial charge in [-0.3, -0.25) is 0 Å². The number of benzene rings is 3. The van der Waals surface area contributed by atoms with Crippen LogP contribution >= 0.6 is 11.6 Å². The third kappa shape index (κ3) is 3.85. The Morgan fingerprint density at radius 3 is 2.23 bits per heavy atom. The lowest BCUT2D eigenvalue weighted by Crippen LogP contribution is -2.58. The summed E-state index contributed by atoms with van der Waals surface area (Å²) in [5.41, 5.74) is 2.78. The zero-order chi connectivity index (χ0) is 20.8. The molecule has 0 amide bonds. The van der Waals surface area contributed by atoms with Gasteiger partial charge in [-0.15, -0.1) is 0 Å². The molecule has 4 aliphatic carbocycles. The fourth-order valence-corrected chi connectivity index (χ4v) is 7.10. The fourth-order valence-electron chi connectivity index (χ4n) is 6.98. The molecule has 3 aromatic rings. The van der Waals surface area contributed by atoms with E-state index in [9.17, 15) is 0 Å². The van der Waals surface area contributed by atoms with Gasteiger partial charge in [0.2, 0.25) is 0 Å². The Morgan fingerprint density at radius 1 is 0.839 bits per heavy atom. The minimum absolute atomic E-state index is 0.346. The highest BCUT2D eigenvalue weighted by molar-refractivity contribution is 6.30. The van der Waals surface area contributed by atoms with Crippen LogP contribution in [0.4, 0.5) is 0 Å². The van der Waals surface area contributed by atoms with Gasteiger partial charge in [0.05, 0.1) is 0 Å². The summed E-state index contributed by atoms with van der Waals surface area (Å²) in [6.07, 6.45) is 8.53. The van der Waals surface area contributed by atoms with Crippen molar-refractivity contribution in [1.29, 1.82) is 0 Å². The van der Waals surface area contributed by atoms with Crippen LogP contribution in [0.1, 0.15) is 49.7 Å². The predicted molar refractivity (Wildman–Crippen MR) is 127 cm³/mol. The molecule has 160 valence electrons. The first kappa shape index (κ1) is 19.6. The van der Waals surface area contributed by atoms with Crippen molar-refractivity contribution < 1.29 is 4.74 Å². The molecular formula is C28H30ClNO. The van der Waals surface area contributed by atoms with Gasteiger partial charge in [-0.05, 0) is 90.8 Å². The topological polar surface area (TPSA) is 21.3 Å². The van der Waals surface area contributed by atoms with Gasteiger partial charge in [0.1, 0.15) is 12.4 Å². The monoisotopic (exact) mass is 431 g/mol. The summed E-state index contributed by atoms with van der Waals surface area (Å²) in [4.78, 5) is 0. The van der Waals surface area contributed by atoms with E-state index in [0.717, 1.165) is 40.6 Å². The van der Waals surface area contributed by atoms with Gasteiger partial charge < -0.3 is 10.1 Å². The number of halogens is 1. The molecule has 0 spiro atoms. The summed E-state index contributed by atoms with van der Waals surface area (Å²) in [5.74, 6) is 3.84. The van der Waals surface area contributed by atoms with E-state index in [1.807, 2.05) is 24.3 Å². The van der Waals surface area contributed by atoms with Crippen LogP contribution < -0.4 is 10.1 Å². The Hall–Kier alpha value is -2.03. The van der Waals surface area contributed by atoms with E-state index in [4.69, 9.17) is 16.3 Å². The summed E-state index contributed by atoms with van der Waals surface area (Å²) >= 11 is 6.04. The van der Waals surface area contributed by atoms with Crippen LogP contribution in [0.15, 0.2) is 60.7 Å². The zero-order valence-corrected chi connectivity index (χ0v) is 18.7. The first-order valence-corrected chi connectivity index (χ1v) is 12.2. The van der Waals surface area contributed by atoms with Crippen LogP contribution in [-0.4, -0.2) is 5.54 Å². The molecule has 7 rings (SSSR count). The minimum atomic E-state index is 0.346. The SMILES string of the molecule is Clc1ccc(COc2ccc3ccccc3c2CNC23CC4CC(CC(C4)C2)C3)cc1. The molecule has 0 heterocycles. The van der Waals surface area contributed by atoms with Gasteiger partial charge in [-0.2, -0.15) is 0 Å². The maximum Gasteiger partial charge on any atom is 0.124 e. The average Bonchev–Trinajstić information content (AvgIpc) is 2.76. The molecule has 4 bridgehead atoms. The van der Waals surface area contributed by atoms with Crippen molar-refractivity contribution in [2.24, 2.45) is 17.8 Å². The van der Waals surface area contributed by atoms with E-state index in [1.54, 1.807) is 0 Å². The average molecular weight is 432 g/mol. The second-order valence-corrected chi connectivity index (χ2v) is 10.7. The molecule has 4 saturated carbocycles. The first-order valence-electron chi connectivity index (χ1n) is 11.8. The van der Waals surface area contributed by atoms with Crippen molar-refractivity contribution in [3.63, 3.8) is 0 Å². The molecule has 0 unspecified atom stereocenters. The second kappa shape index (κ2) is 7.83. The van der Waals surface area contributed by atoms with Crippen LogP contribution in [0, 0.1) is 17.8 Å². The highest BCUT2D eigenvalue weighted by atomic mass is 35.5. The lowest BCUT2D eigenvalue weighted by molar-refractivity contribution is -0.0206. The van der Waals surface area contributed by atoms with Crippen molar-refractivity contribution >= 4 is 22.4 Å². The van der Waals surface area contributed by atoms with Crippen LogP contribution in [-0.2, 0) is 13.2 Å². The quantitative estimate of drug-likeness (QED) is 0.448. The number of nitrogens with one attached hydrogen (secondary N) is 1. The van der Waals surface area contributed by atoms with E-state index >= 15 is 0 Å². The molecule has 3 aromatic carbocycles. The molecule has 0 saturated heterocycles. The summed E-state index contributed by atoms with van der Waals surface area (Å²) in [5, 5.41) is 7.42. The Balaban J connectivity index is 1.27. The summed E-state index contributed by atoms with van der Waals surface area (Å²) in [7, 11) is 0. The Kier molecular flexibility index (Phi) is 4.96. The van der Waals surface area contributed by atoms with E-state index in [0.29, 0.717) is 12.1 Å². The van der Waals surface area contributed by atoms with Crippen molar-refractivity contribution in [3.8, 4) is 5.75 Å². The lowest BCUT2D eigenvalue weighted by Gasteiger charge is -2.57. The van der Waals surface area contributed by atoms with E-state index in [-0.39, 0.29) is 0 Å². The molecule has 1 N–H and O–H groups in total. The molecule has 3 heteroatoms. The molecule has 0 aliphatic heterocycles. The Bertz CT molecular complexity index is 1050. The largest absolute Gasteiger partial charge is 0.489 e. The molecule has 0 aromatic heterocycles. The standard InChI is InChI=1S/C28H30ClNO/c29-24-8-5-19(6-9-24)18-31-27-10-7-23-3-1-2-4-25(23)26(27)17-30-28-14-20-11-21(15-28)13-22(12-20)16-28/h1-10,20-22,30H,11-18H2. The van der Waals surface area contributed by atoms with Crippen molar-refractivity contribution in [3.05, 3.63) is 76.8 Å². The maximum absolute atomic E-state index is 6.36. The van der Waals surface area contributed by atoms with Crippen molar-refractivity contribution in [1.82, 2.24) is 5.32 Å². The Morgan fingerprint density at radius 2 is 1.52 bits per heavy atom. The van der Waals surface area contributed by atoms with E-state index in [2.05, 4.69) is 41.7 Å². The number of ether oxygens (including phenoxy) is 1. The molecule has 31 heavy (non-hydrogen) atoms. The molecule has 4 aliphatic rings. The van der Waals surface area contributed by atoms with E-state index < -0.39 is 0 Å². The predicted octanol–water partition coefficient (Wildman–Crippen LogP) is 7.13. The minimum Gasteiger partial charge on any atom is -0.489 e. The van der Waals surface area contributed by atoms with Crippen LogP contribution in [0.2, 0.25) is 5.02 Å². The number of fused-ring (bicyclic) bond motifs is 1. The normalized spacial score (nSPS) is 28.9. The van der Waals surface area contributed by atoms with Crippen LogP contribution in [0.5, 0.6) is 5.75 Å². The Labute approximate surface area is 189 Å². The lowest BCUT2D eigenvalue weighted by atomic mass is 9.53. The molecule has 4 fully saturated rings. The summed E-state index contributed by atoms with van der Waals surface area (Å²) < 4.78 is 6.36. The van der Waals surface area contributed by atoms with Crippen molar-refractivity contribution in [2.75, 3.05) is 0 Å². The highest BCUT2D eigenvalue weighted by Crippen LogP contribution is 2.55. The van der Waals surface area contributed by atoms with Crippen LogP contribution in [0.3, 0.4) is 0 Å². The molecule has 2 nitrogen and oxygen atoms in total. The third-order valence-electron chi connectivity index (χ3n) is 7.98. The smallest absolute Gasteiger partial charge is 0.124 e. The first-order chi connectivity index (χ1) is 15.2. The third-order valence-corrected chi connectivity index (χ3v) is 8.24. The molecule has 0 radical (unpaired) electrons. The van der Waals surface area contributed by atoms with Gasteiger partial charge >= 0.3 is 0 Å². The zero-order valence-electron chi connectivity index (χ0n) is 17.9. The van der Waals surface area contributed by atoms with E-state index in [1.165, 1.54) is 54.9 Å². The maximum atomic E-state index is 6.36. The number of rotatable bonds is 6. The van der Waals surface area contributed by atoms with Gasteiger partial charge in [-0.1, -0.05) is 54.1 Å². The van der Waals surface area contributed by atoms with Gasteiger partial charge in [0, 0.05) is 22.7 Å². The summed E-state index contributed by atoms with van der Waals surface area (Å²) in [6, 6.07) is 21.0.